The van der Waals surface area contributed by atoms with Gasteiger partial charge in [0.1, 0.15) is 5.78 Å². The van der Waals surface area contributed by atoms with E-state index in [0.717, 1.165) is 23.6 Å². The number of fused-ring (bicyclic) bond motifs is 2. The number of likely N-dealkylation sites (tertiary alicyclic amines) is 1. The Morgan fingerprint density at radius 2 is 1.82 bits per heavy atom. The van der Waals surface area contributed by atoms with Crippen molar-refractivity contribution >= 4 is 29.4 Å². The molecule has 0 aromatic heterocycles. The van der Waals surface area contributed by atoms with Gasteiger partial charge in [-0.3, -0.25) is 4.79 Å². The number of nitrogens with zero attached hydrogens (tertiary/aromatic N) is 1. The van der Waals surface area contributed by atoms with Crippen LogP contribution >= 0.6 is 11.6 Å². The smallest absolute Gasteiger partial charge is 0.339 e. The summed E-state index contributed by atoms with van der Waals surface area (Å²) in [5.41, 5.74) is 1.24. The summed E-state index contributed by atoms with van der Waals surface area (Å²) in [6.45, 7) is 2.57. The molecule has 2 aliphatic rings. The number of alkyl halides is 3. The molecule has 1 aliphatic carbocycles. The van der Waals surface area contributed by atoms with Crippen LogP contribution in [-0.2, 0) is 21.2 Å². The second-order valence-electron chi connectivity index (χ2n) is 9.04. The summed E-state index contributed by atoms with van der Waals surface area (Å²) in [6.07, 6.45) is 0.680. The lowest BCUT2D eigenvalue weighted by molar-refractivity contribution is -0.137. The third-order valence-corrected chi connectivity index (χ3v) is 7.21. The van der Waals surface area contributed by atoms with Crippen molar-refractivity contribution in [3.63, 3.8) is 0 Å². The number of Topliss-reactive ketones (excluding diaryl/α,β-unsaturated/α-hetero) is 1. The fourth-order valence-electron chi connectivity index (χ4n) is 5.43. The average molecular weight is 476 g/mol. The van der Waals surface area contributed by atoms with Gasteiger partial charge in [-0.2, -0.15) is 13.2 Å². The van der Waals surface area contributed by atoms with Crippen molar-refractivity contribution in [1.29, 1.82) is 0 Å². The van der Waals surface area contributed by atoms with E-state index in [1.165, 1.54) is 30.4 Å². The largest absolute Gasteiger partial charge is 0.416 e. The third kappa shape index (κ3) is 4.72. The molecule has 1 amide bonds. The molecular formula is C26H25ClF3NO2. The van der Waals surface area contributed by atoms with Gasteiger partial charge in [0.2, 0.25) is 5.91 Å². The van der Waals surface area contributed by atoms with Crippen LogP contribution in [0.4, 0.5) is 13.2 Å². The van der Waals surface area contributed by atoms with Crippen molar-refractivity contribution in [1.82, 2.24) is 4.90 Å². The zero-order valence-corrected chi connectivity index (χ0v) is 19.0. The van der Waals surface area contributed by atoms with E-state index < -0.39 is 11.7 Å². The first-order valence-electron chi connectivity index (χ1n) is 11.0. The van der Waals surface area contributed by atoms with Crippen LogP contribution in [0.25, 0.3) is 6.08 Å². The first kappa shape index (κ1) is 23.6. The minimum Gasteiger partial charge on any atom is -0.339 e. The number of hydrogen-bond acceptors (Lipinski definition) is 2. The summed E-state index contributed by atoms with van der Waals surface area (Å²) >= 11 is 6.59. The van der Waals surface area contributed by atoms with Crippen molar-refractivity contribution in [3.05, 3.63) is 75.8 Å². The van der Waals surface area contributed by atoms with Gasteiger partial charge in [0, 0.05) is 36.0 Å². The normalized spacial score (nSPS) is 19.8. The maximum atomic E-state index is 13.2. The number of benzene rings is 2. The average Bonchev–Trinajstić information content (AvgIpc) is 3.05. The van der Waals surface area contributed by atoms with Gasteiger partial charge in [-0.25, -0.2) is 0 Å². The minimum absolute atomic E-state index is 0.0320. The fraction of sp³-hybridized carbons (Fsp3) is 0.385. The van der Waals surface area contributed by atoms with Crippen LogP contribution in [-0.4, -0.2) is 29.7 Å². The number of amides is 1. The fourth-order valence-corrected chi connectivity index (χ4v) is 5.81. The molecule has 0 bridgehead atoms. The van der Waals surface area contributed by atoms with Crippen molar-refractivity contribution in [2.75, 3.05) is 13.1 Å². The highest BCUT2D eigenvalue weighted by Crippen LogP contribution is 2.55. The predicted molar refractivity (Wildman–Crippen MR) is 122 cm³/mol. The van der Waals surface area contributed by atoms with Crippen LogP contribution in [0.1, 0.15) is 60.8 Å². The van der Waals surface area contributed by atoms with Crippen LogP contribution in [0, 0.1) is 0 Å². The molecular weight excluding hydrogens is 451 g/mol. The Hall–Kier alpha value is -2.60. The van der Waals surface area contributed by atoms with E-state index in [-0.39, 0.29) is 28.6 Å². The molecule has 0 N–H and O–H groups in total. The second kappa shape index (κ2) is 8.98. The van der Waals surface area contributed by atoms with Crippen LogP contribution < -0.4 is 0 Å². The minimum atomic E-state index is -4.48. The highest BCUT2D eigenvalue weighted by molar-refractivity contribution is 6.31. The maximum Gasteiger partial charge on any atom is 0.416 e. The van der Waals surface area contributed by atoms with Gasteiger partial charge in [0.25, 0.3) is 0 Å². The van der Waals surface area contributed by atoms with Crippen LogP contribution in [0.15, 0.2) is 48.5 Å². The molecule has 33 heavy (non-hydrogen) atoms. The predicted octanol–water partition coefficient (Wildman–Crippen LogP) is 6.40. The van der Waals surface area contributed by atoms with Gasteiger partial charge in [0.15, 0.2) is 0 Å². The lowest BCUT2D eigenvalue weighted by Gasteiger charge is -2.40. The van der Waals surface area contributed by atoms with E-state index in [2.05, 4.69) is 0 Å². The van der Waals surface area contributed by atoms with E-state index >= 15 is 0 Å². The zero-order chi connectivity index (χ0) is 23.8. The summed E-state index contributed by atoms with van der Waals surface area (Å²) in [5, 5.41) is 0.696. The molecule has 1 fully saturated rings. The molecule has 1 aliphatic heterocycles. The van der Waals surface area contributed by atoms with Gasteiger partial charge in [-0.15, -0.1) is 0 Å². The summed E-state index contributed by atoms with van der Waals surface area (Å²) in [5.74, 6) is -0.0448. The highest BCUT2D eigenvalue weighted by atomic mass is 35.5. The van der Waals surface area contributed by atoms with Crippen molar-refractivity contribution in [2.45, 2.75) is 50.1 Å². The Bertz CT molecular complexity index is 1100. The van der Waals surface area contributed by atoms with Crippen molar-refractivity contribution < 1.29 is 22.8 Å². The van der Waals surface area contributed by atoms with E-state index in [9.17, 15) is 22.8 Å². The van der Waals surface area contributed by atoms with Gasteiger partial charge in [-0.1, -0.05) is 41.9 Å². The first-order chi connectivity index (χ1) is 15.6. The molecule has 2 aromatic carbocycles. The molecule has 174 valence electrons. The SMILES string of the molecule is CC(=O)CC1CC2(CCN(C(=O)/C=C/c3ccccc3C(F)(F)F)CC2)c2c(Cl)cccc21. The molecule has 1 atom stereocenters. The standard InChI is InChI=1S/C26H25ClF3NO2/c1-17(32)15-19-16-25(24-20(19)6-4-8-22(24)27)11-13-31(14-12-25)23(33)10-9-18-5-2-3-7-21(18)26(28,29)30/h2-10,19H,11-16H2,1H3/b10-9+. The Kier molecular flexibility index (Phi) is 6.41. The number of piperidine rings is 1. The van der Waals surface area contributed by atoms with Gasteiger partial charge < -0.3 is 9.69 Å². The number of carbonyl (C=O) groups excluding carboxylic acids is 2. The van der Waals surface area contributed by atoms with Crippen LogP contribution in [0.3, 0.4) is 0 Å². The highest BCUT2D eigenvalue weighted by Gasteiger charge is 2.47. The van der Waals surface area contributed by atoms with E-state index in [4.69, 9.17) is 11.6 Å². The molecule has 0 radical (unpaired) electrons. The Labute approximate surface area is 196 Å². The van der Waals surface area contributed by atoms with Crippen LogP contribution in [0.2, 0.25) is 5.02 Å². The Morgan fingerprint density at radius 1 is 1.12 bits per heavy atom. The van der Waals surface area contributed by atoms with Crippen molar-refractivity contribution in [3.8, 4) is 0 Å². The first-order valence-corrected chi connectivity index (χ1v) is 11.4. The van der Waals surface area contributed by atoms with E-state index in [1.807, 2.05) is 18.2 Å². The molecule has 2 aromatic rings. The number of ketones is 1. The second-order valence-corrected chi connectivity index (χ2v) is 9.44. The quantitative estimate of drug-likeness (QED) is 0.480. The zero-order valence-electron chi connectivity index (χ0n) is 18.3. The molecule has 1 spiro atoms. The lowest BCUT2D eigenvalue weighted by Crippen LogP contribution is -2.44. The number of carbonyl (C=O) groups is 2. The van der Waals surface area contributed by atoms with E-state index in [0.29, 0.717) is 37.4 Å². The molecule has 0 saturated carbocycles. The Morgan fingerprint density at radius 3 is 2.48 bits per heavy atom. The molecule has 1 unspecified atom stereocenters. The molecule has 1 heterocycles. The maximum absolute atomic E-state index is 13.2. The molecule has 1 saturated heterocycles. The Balaban J connectivity index is 1.49. The van der Waals surface area contributed by atoms with Gasteiger partial charge in [0.05, 0.1) is 5.56 Å². The summed E-state index contributed by atoms with van der Waals surface area (Å²) in [7, 11) is 0. The van der Waals surface area contributed by atoms with Gasteiger partial charge >= 0.3 is 6.18 Å². The van der Waals surface area contributed by atoms with Gasteiger partial charge in [-0.05, 0) is 67.0 Å². The lowest BCUT2D eigenvalue weighted by atomic mass is 9.73. The monoisotopic (exact) mass is 475 g/mol. The number of hydrogen-bond donors (Lipinski definition) is 0. The summed E-state index contributed by atoms with van der Waals surface area (Å²) in [4.78, 5) is 26.2. The topological polar surface area (TPSA) is 37.4 Å². The number of rotatable bonds is 4. The van der Waals surface area contributed by atoms with Crippen LogP contribution in [0.5, 0.6) is 0 Å². The number of halogens is 4. The summed E-state index contributed by atoms with van der Waals surface area (Å²) in [6, 6.07) is 11.0. The third-order valence-electron chi connectivity index (χ3n) is 6.89. The summed E-state index contributed by atoms with van der Waals surface area (Å²) < 4.78 is 39.6. The molecule has 3 nitrogen and oxygen atoms in total. The van der Waals surface area contributed by atoms with E-state index in [1.54, 1.807) is 11.8 Å². The van der Waals surface area contributed by atoms with Crippen molar-refractivity contribution in [2.24, 2.45) is 0 Å². The molecule has 4 rings (SSSR count). The molecule has 7 heteroatoms.